The highest BCUT2D eigenvalue weighted by molar-refractivity contribution is 5.94. The molecule has 0 aliphatic rings. The Morgan fingerprint density at radius 1 is 1.22 bits per heavy atom. The van der Waals surface area contributed by atoms with Crippen molar-refractivity contribution in [2.75, 3.05) is 7.05 Å². The number of benzene rings is 1. The number of hydrogen-bond acceptors (Lipinski definition) is 3. The Morgan fingerprint density at radius 3 is 2.61 bits per heavy atom. The first-order valence-corrected chi connectivity index (χ1v) is 5.62. The van der Waals surface area contributed by atoms with Crippen molar-refractivity contribution in [1.29, 1.82) is 0 Å². The van der Waals surface area contributed by atoms with Gasteiger partial charge in [-0.05, 0) is 17.7 Å². The van der Waals surface area contributed by atoms with Gasteiger partial charge in [0.05, 0.1) is 0 Å². The van der Waals surface area contributed by atoms with E-state index >= 15 is 0 Å². The minimum absolute atomic E-state index is 0.0796. The summed E-state index contributed by atoms with van der Waals surface area (Å²) in [5.41, 5.74) is 1.11. The number of rotatable bonds is 3. The molecular weight excluding hydrogens is 228 g/mol. The summed E-state index contributed by atoms with van der Waals surface area (Å²) in [6, 6.07) is 12.7. The first-order valence-electron chi connectivity index (χ1n) is 5.62. The number of aromatic hydroxyl groups is 1. The molecule has 0 aliphatic carbocycles. The fourth-order valence-electron chi connectivity index (χ4n) is 1.67. The minimum Gasteiger partial charge on any atom is -0.505 e. The minimum atomic E-state index is -0.294. The van der Waals surface area contributed by atoms with Gasteiger partial charge in [-0.2, -0.15) is 0 Å². The number of aromatic nitrogens is 1. The Hall–Kier alpha value is -2.36. The summed E-state index contributed by atoms with van der Waals surface area (Å²) in [7, 11) is 1.68. The van der Waals surface area contributed by atoms with E-state index in [2.05, 4.69) is 4.98 Å². The second-order valence-corrected chi connectivity index (χ2v) is 4.02. The maximum Gasteiger partial charge on any atom is 0.276 e. The van der Waals surface area contributed by atoms with Gasteiger partial charge in [0, 0.05) is 19.8 Å². The first kappa shape index (κ1) is 12.1. The van der Waals surface area contributed by atoms with E-state index in [-0.39, 0.29) is 17.4 Å². The van der Waals surface area contributed by atoms with Crippen LogP contribution in [0.4, 0.5) is 0 Å². The number of amides is 1. The highest BCUT2D eigenvalue weighted by atomic mass is 16.3. The molecule has 2 rings (SSSR count). The van der Waals surface area contributed by atoms with Crippen LogP contribution in [0.1, 0.15) is 16.1 Å². The molecule has 0 saturated heterocycles. The van der Waals surface area contributed by atoms with Crippen molar-refractivity contribution in [1.82, 2.24) is 9.88 Å². The topological polar surface area (TPSA) is 53.4 Å². The zero-order valence-corrected chi connectivity index (χ0v) is 10.1. The van der Waals surface area contributed by atoms with Crippen molar-refractivity contribution in [3.05, 3.63) is 59.9 Å². The molecule has 1 aromatic heterocycles. The first-order chi connectivity index (χ1) is 8.68. The van der Waals surface area contributed by atoms with E-state index in [0.29, 0.717) is 6.54 Å². The lowest BCUT2D eigenvalue weighted by Crippen LogP contribution is -2.27. The summed E-state index contributed by atoms with van der Waals surface area (Å²) in [4.78, 5) is 17.5. The van der Waals surface area contributed by atoms with Crippen molar-refractivity contribution in [3.63, 3.8) is 0 Å². The monoisotopic (exact) mass is 242 g/mol. The number of nitrogens with zero attached hydrogens (tertiary/aromatic N) is 2. The van der Waals surface area contributed by atoms with Gasteiger partial charge in [-0.3, -0.25) is 4.79 Å². The molecule has 0 atom stereocenters. The quantitative estimate of drug-likeness (QED) is 0.896. The van der Waals surface area contributed by atoms with Gasteiger partial charge in [0.2, 0.25) is 0 Å². The smallest absolute Gasteiger partial charge is 0.276 e. The largest absolute Gasteiger partial charge is 0.505 e. The SMILES string of the molecule is CN(Cc1ccccc1)C(=O)c1ncccc1O. The van der Waals surface area contributed by atoms with Crippen LogP contribution < -0.4 is 0 Å². The van der Waals surface area contributed by atoms with Crippen molar-refractivity contribution >= 4 is 5.91 Å². The fraction of sp³-hybridized carbons (Fsp3) is 0.143. The van der Waals surface area contributed by atoms with Crippen molar-refractivity contribution in [2.45, 2.75) is 6.54 Å². The molecular formula is C14H14N2O2. The van der Waals surface area contributed by atoms with Gasteiger partial charge in [0.1, 0.15) is 5.75 Å². The molecule has 1 N–H and O–H groups in total. The number of hydrogen-bond donors (Lipinski definition) is 1. The molecule has 1 amide bonds. The maximum atomic E-state index is 12.1. The molecule has 0 aliphatic heterocycles. The van der Waals surface area contributed by atoms with Gasteiger partial charge in [-0.15, -0.1) is 0 Å². The number of pyridine rings is 1. The van der Waals surface area contributed by atoms with E-state index in [1.807, 2.05) is 30.3 Å². The third-order valence-corrected chi connectivity index (χ3v) is 2.60. The van der Waals surface area contributed by atoms with Crippen molar-refractivity contribution in [2.24, 2.45) is 0 Å². The molecule has 4 heteroatoms. The molecule has 0 radical (unpaired) electrons. The molecule has 0 spiro atoms. The molecule has 92 valence electrons. The predicted molar refractivity (Wildman–Crippen MR) is 68.1 cm³/mol. The van der Waals surface area contributed by atoms with Crippen molar-refractivity contribution in [3.8, 4) is 5.75 Å². The maximum absolute atomic E-state index is 12.1. The van der Waals surface area contributed by atoms with Crippen LogP contribution >= 0.6 is 0 Å². The third kappa shape index (κ3) is 2.66. The van der Waals surface area contributed by atoms with Crippen LogP contribution in [0.3, 0.4) is 0 Å². The summed E-state index contributed by atoms with van der Waals surface area (Å²) in [5, 5.41) is 9.59. The predicted octanol–water partition coefficient (Wildman–Crippen LogP) is 2.06. The summed E-state index contributed by atoms with van der Waals surface area (Å²) < 4.78 is 0. The number of carbonyl (C=O) groups excluding carboxylic acids is 1. The Balaban J connectivity index is 2.13. The Kier molecular flexibility index (Phi) is 3.57. The Morgan fingerprint density at radius 2 is 1.94 bits per heavy atom. The van der Waals surface area contributed by atoms with E-state index in [0.717, 1.165) is 5.56 Å². The Labute approximate surface area is 106 Å². The van der Waals surface area contributed by atoms with Crippen LogP contribution in [0.25, 0.3) is 0 Å². The summed E-state index contributed by atoms with van der Waals surface area (Å²) in [5.74, 6) is -0.389. The zero-order chi connectivity index (χ0) is 13.0. The summed E-state index contributed by atoms with van der Waals surface area (Å²) in [6.07, 6.45) is 1.49. The van der Waals surface area contributed by atoms with Crippen LogP contribution in [0.2, 0.25) is 0 Å². The molecule has 2 aromatic rings. The molecule has 0 fully saturated rings. The van der Waals surface area contributed by atoms with Crippen LogP contribution in [0.5, 0.6) is 5.75 Å². The fourth-order valence-corrected chi connectivity index (χ4v) is 1.67. The molecule has 1 aromatic carbocycles. The molecule has 0 saturated carbocycles. The van der Waals surface area contributed by atoms with Gasteiger partial charge in [0.15, 0.2) is 5.69 Å². The van der Waals surface area contributed by atoms with Crippen LogP contribution in [-0.4, -0.2) is 27.9 Å². The van der Waals surface area contributed by atoms with E-state index in [1.165, 1.54) is 17.2 Å². The van der Waals surface area contributed by atoms with Crippen molar-refractivity contribution < 1.29 is 9.90 Å². The van der Waals surface area contributed by atoms with Gasteiger partial charge >= 0.3 is 0 Å². The molecule has 4 nitrogen and oxygen atoms in total. The second-order valence-electron chi connectivity index (χ2n) is 4.02. The Bertz CT molecular complexity index is 541. The lowest BCUT2D eigenvalue weighted by atomic mass is 10.2. The van der Waals surface area contributed by atoms with Crippen LogP contribution in [-0.2, 0) is 6.54 Å². The van der Waals surface area contributed by atoms with Gasteiger partial charge in [-0.1, -0.05) is 30.3 Å². The van der Waals surface area contributed by atoms with Gasteiger partial charge in [-0.25, -0.2) is 4.98 Å². The standard InChI is InChI=1S/C14H14N2O2/c1-16(10-11-6-3-2-4-7-11)14(18)13-12(17)8-5-9-15-13/h2-9,17H,10H2,1H3. The van der Waals surface area contributed by atoms with E-state index in [4.69, 9.17) is 0 Å². The number of carbonyl (C=O) groups is 1. The second kappa shape index (κ2) is 5.31. The lowest BCUT2D eigenvalue weighted by Gasteiger charge is -2.17. The highest BCUT2D eigenvalue weighted by Crippen LogP contribution is 2.15. The van der Waals surface area contributed by atoms with Crippen LogP contribution in [0.15, 0.2) is 48.7 Å². The average molecular weight is 242 g/mol. The molecule has 0 unspecified atom stereocenters. The van der Waals surface area contributed by atoms with E-state index < -0.39 is 0 Å². The molecule has 1 heterocycles. The lowest BCUT2D eigenvalue weighted by molar-refractivity contribution is 0.0776. The average Bonchev–Trinajstić information content (AvgIpc) is 2.39. The van der Waals surface area contributed by atoms with Gasteiger partial charge in [0.25, 0.3) is 5.91 Å². The van der Waals surface area contributed by atoms with Crippen LogP contribution in [0, 0.1) is 0 Å². The normalized spacial score (nSPS) is 10.1. The highest BCUT2D eigenvalue weighted by Gasteiger charge is 2.16. The molecule has 0 bridgehead atoms. The summed E-state index contributed by atoms with van der Waals surface area (Å²) >= 11 is 0. The van der Waals surface area contributed by atoms with E-state index in [1.54, 1.807) is 13.1 Å². The molecule has 18 heavy (non-hydrogen) atoms. The van der Waals surface area contributed by atoms with Gasteiger partial charge < -0.3 is 10.0 Å². The zero-order valence-electron chi connectivity index (χ0n) is 10.1. The summed E-state index contributed by atoms with van der Waals surface area (Å²) in [6.45, 7) is 0.482. The third-order valence-electron chi connectivity index (χ3n) is 2.60. The van der Waals surface area contributed by atoms with E-state index in [9.17, 15) is 9.90 Å².